The molecular formula is C20H25N3O5S. The van der Waals surface area contributed by atoms with Crippen molar-refractivity contribution in [3.8, 4) is 0 Å². The molecular weight excluding hydrogens is 394 g/mol. The number of nitrogens with one attached hydrogen (secondary N) is 2. The normalized spacial score (nSPS) is 11.4. The van der Waals surface area contributed by atoms with Crippen LogP contribution in [0.5, 0.6) is 0 Å². The van der Waals surface area contributed by atoms with Crippen molar-refractivity contribution in [2.75, 3.05) is 24.3 Å². The molecule has 9 heteroatoms. The van der Waals surface area contributed by atoms with Crippen LogP contribution in [0.25, 0.3) is 0 Å². The first kappa shape index (κ1) is 22.4. The highest BCUT2D eigenvalue weighted by atomic mass is 32.2. The van der Waals surface area contributed by atoms with Crippen LogP contribution in [0.1, 0.15) is 31.1 Å². The molecule has 0 aliphatic rings. The molecule has 8 nitrogen and oxygen atoms in total. The van der Waals surface area contributed by atoms with E-state index in [9.17, 15) is 18.0 Å². The summed E-state index contributed by atoms with van der Waals surface area (Å²) in [6, 6.07) is 12.1. The van der Waals surface area contributed by atoms with E-state index in [4.69, 9.17) is 4.74 Å². The van der Waals surface area contributed by atoms with Gasteiger partial charge in [-0.15, -0.1) is 0 Å². The zero-order chi connectivity index (χ0) is 21.6. The number of carbonyl (C=O) groups excluding carboxylic acids is 2. The number of anilines is 2. The van der Waals surface area contributed by atoms with E-state index >= 15 is 0 Å². The summed E-state index contributed by atoms with van der Waals surface area (Å²) >= 11 is 0. The van der Waals surface area contributed by atoms with E-state index in [1.807, 2.05) is 0 Å². The number of sulfonamides is 1. The van der Waals surface area contributed by atoms with Crippen LogP contribution in [0, 0.1) is 0 Å². The topological polar surface area (TPSA) is 105 Å². The molecule has 0 spiro atoms. The lowest BCUT2D eigenvalue weighted by Crippen LogP contribution is -2.33. The minimum Gasteiger partial charge on any atom is -0.450 e. The Hall–Kier alpha value is -2.91. The lowest BCUT2D eigenvalue weighted by atomic mass is 10.2. The number of amides is 2. The van der Waals surface area contributed by atoms with Gasteiger partial charge in [0.2, 0.25) is 10.0 Å². The van der Waals surface area contributed by atoms with Gasteiger partial charge < -0.3 is 10.1 Å². The molecule has 0 bridgehead atoms. The predicted molar refractivity (Wildman–Crippen MR) is 112 cm³/mol. The van der Waals surface area contributed by atoms with Crippen LogP contribution in [0.15, 0.2) is 53.4 Å². The zero-order valence-electron chi connectivity index (χ0n) is 16.8. The molecule has 2 aromatic rings. The van der Waals surface area contributed by atoms with Crippen molar-refractivity contribution < 1.29 is 22.7 Å². The molecule has 0 heterocycles. The van der Waals surface area contributed by atoms with Gasteiger partial charge in [-0.2, -0.15) is 4.31 Å². The smallest absolute Gasteiger partial charge is 0.411 e. The third kappa shape index (κ3) is 5.78. The third-order valence-electron chi connectivity index (χ3n) is 4.19. The monoisotopic (exact) mass is 419 g/mol. The summed E-state index contributed by atoms with van der Waals surface area (Å²) in [5.74, 6) is -0.359. The summed E-state index contributed by atoms with van der Waals surface area (Å²) < 4.78 is 31.0. The fourth-order valence-corrected chi connectivity index (χ4v) is 3.71. The Kier molecular flexibility index (Phi) is 7.35. The molecule has 156 valence electrons. The zero-order valence-corrected chi connectivity index (χ0v) is 17.6. The van der Waals surface area contributed by atoms with Gasteiger partial charge in [0.15, 0.2) is 0 Å². The average molecular weight is 420 g/mol. The van der Waals surface area contributed by atoms with Crippen LogP contribution >= 0.6 is 0 Å². The second-order valence-corrected chi connectivity index (χ2v) is 8.51. The van der Waals surface area contributed by atoms with Gasteiger partial charge in [0.25, 0.3) is 5.91 Å². The average Bonchev–Trinajstić information content (AvgIpc) is 2.68. The predicted octanol–water partition coefficient (Wildman–Crippen LogP) is 3.54. The summed E-state index contributed by atoms with van der Waals surface area (Å²) in [6.45, 7) is 5.55. The molecule has 29 heavy (non-hydrogen) atoms. The van der Waals surface area contributed by atoms with Gasteiger partial charge in [-0.1, -0.05) is 0 Å². The lowest BCUT2D eigenvalue weighted by molar-refractivity contribution is 0.102. The van der Waals surface area contributed by atoms with Crippen molar-refractivity contribution in [3.05, 3.63) is 54.1 Å². The van der Waals surface area contributed by atoms with Gasteiger partial charge in [0.1, 0.15) is 0 Å². The highest BCUT2D eigenvalue weighted by Crippen LogP contribution is 2.20. The number of rotatable bonds is 7. The highest BCUT2D eigenvalue weighted by Gasteiger charge is 2.22. The molecule has 0 radical (unpaired) electrons. The Morgan fingerprint density at radius 2 is 1.48 bits per heavy atom. The summed E-state index contributed by atoms with van der Waals surface area (Å²) in [5.41, 5.74) is 1.36. The van der Waals surface area contributed by atoms with Crippen molar-refractivity contribution in [3.63, 3.8) is 0 Å². The molecule has 0 fully saturated rings. The molecule has 2 aromatic carbocycles. The van der Waals surface area contributed by atoms with Crippen molar-refractivity contribution in [2.45, 2.75) is 31.7 Å². The van der Waals surface area contributed by atoms with E-state index in [0.29, 0.717) is 16.9 Å². The van der Waals surface area contributed by atoms with E-state index in [1.54, 1.807) is 45.0 Å². The number of ether oxygens (including phenoxy) is 1. The molecule has 0 saturated heterocycles. The number of nitrogens with zero attached hydrogens (tertiary/aromatic N) is 1. The van der Waals surface area contributed by atoms with Crippen molar-refractivity contribution in [1.29, 1.82) is 0 Å². The maximum absolute atomic E-state index is 12.5. The SMILES string of the molecule is CCOC(=O)Nc1ccc(C(=O)Nc2ccc(S(=O)(=O)N(C)C(C)C)cc2)cc1. The fraction of sp³-hybridized carbons (Fsp3) is 0.300. The van der Waals surface area contributed by atoms with Crippen molar-refractivity contribution in [2.24, 2.45) is 0 Å². The largest absolute Gasteiger partial charge is 0.450 e. The van der Waals surface area contributed by atoms with E-state index in [2.05, 4.69) is 10.6 Å². The molecule has 0 aliphatic heterocycles. The van der Waals surface area contributed by atoms with Gasteiger partial charge in [-0.25, -0.2) is 13.2 Å². The minimum absolute atomic E-state index is 0.154. The van der Waals surface area contributed by atoms with Crippen molar-refractivity contribution >= 4 is 33.4 Å². The Morgan fingerprint density at radius 3 is 2.00 bits per heavy atom. The van der Waals surface area contributed by atoms with Crippen LogP contribution in [0.2, 0.25) is 0 Å². The molecule has 2 rings (SSSR count). The van der Waals surface area contributed by atoms with Crippen LogP contribution in [0.3, 0.4) is 0 Å². The summed E-state index contributed by atoms with van der Waals surface area (Å²) in [4.78, 5) is 23.9. The number of carbonyl (C=O) groups is 2. The van der Waals surface area contributed by atoms with Gasteiger partial charge in [0, 0.05) is 30.0 Å². The Bertz CT molecular complexity index is 955. The van der Waals surface area contributed by atoms with E-state index in [0.717, 1.165) is 0 Å². The summed E-state index contributed by atoms with van der Waals surface area (Å²) in [5, 5.41) is 5.25. The lowest BCUT2D eigenvalue weighted by Gasteiger charge is -2.21. The number of hydrogen-bond donors (Lipinski definition) is 2. The molecule has 0 atom stereocenters. The minimum atomic E-state index is -3.58. The maximum atomic E-state index is 12.5. The van der Waals surface area contributed by atoms with Crippen LogP contribution in [-0.2, 0) is 14.8 Å². The second-order valence-electron chi connectivity index (χ2n) is 6.52. The Balaban J connectivity index is 2.05. The van der Waals surface area contributed by atoms with Gasteiger partial charge in [-0.05, 0) is 69.3 Å². The van der Waals surface area contributed by atoms with E-state index in [1.165, 1.54) is 35.6 Å². The van der Waals surface area contributed by atoms with Crippen LogP contribution in [0.4, 0.5) is 16.2 Å². The first-order chi connectivity index (χ1) is 13.6. The number of benzene rings is 2. The van der Waals surface area contributed by atoms with Crippen LogP contribution < -0.4 is 10.6 Å². The molecule has 0 aliphatic carbocycles. The number of hydrogen-bond acceptors (Lipinski definition) is 5. The molecule has 2 amide bonds. The molecule has 2 N–H and O–H groups in total. The second kappa shape index (κ2) is 9.53. The van der Waals surface area contributed by atoms with Gasteiger partial charge in [-0.3, -0.25) is 10.1 Å². The molecule has 0 unspecified atom stereocenters. The molecule has 0 saturated carbocycles. The Morgan fingerprint density at radius 1 is 0.966 bits per heavy atom. The van der Waals surface area contributed by atoms with Gasteiger partial charge >= 0.3 is 6.09 Å². The standard InChI is InChI=1S/C20H25N3O5S/c1-5-28-20(25)22-17-8-6-15(7-9-17)19(24)21-16-10-12-18(13-11-16)29(26,27)23(4)14(2)3/h6-14H,5H2,1-4H3,(H,21,24)(H,22,25). The highest BCUT2D eigenvalue weighted by molar-refractivity contribution is 7.89. The third-order valence-corrected chi connectivity index (χ3v) is 6.23. The first-order valence-electron chi connectivity index (χ1n) is 9.08. The van der Waals surface area contributed by atoms with Crippen molar-refractivity contribution in [1.82, 2.24) is 4.31 Å². The molecule has 0 aromatic heterocycles. The first-order valence-corrected chi connectivity index (χ1v) is 10.5. The summed E-state index contributed by atoms with van der Waals surface area (Å²) in [7, 11) is -2.05. The maximum Gasteiger partial charge on any atom is 0.411 e. The Labute approximate surface area is 170 Å². The van der Waals surface area contributed by atoms with E-state index < -0.39 is 16.1 Å². The van der Waals surface area contributed by atoms with Crippen LogP contribution in [-0.4, -0.2) is 44.4 Å². The quantitative estimate of drug-likeness (QED) is 0.714. The van der Waals surface area contributed by atoms with E-state index in [-0.39, 0.29) is 23.5 Å². The fourth-order valence-electron chi connectivity index (χ4n) is 2.35. The van der Waals surface area contributed by atoms with Gasteiger partial charge in [0.05, 0.1) is 11.5 Å². The summed E-state index contributed by atoms with van der Waals surface area (Å²) in [6.07, 6.45) is -0.567.